The molecule has 2 rings (SSSR count). The van der Waals surface area contributed by atoms with Crippen LogP contribution in [0.5, 0.6) is 0 Å². The number of imidazole rings is 1. The van der Waals surface area contributed by atoms with Crippen molar-refractivity contribution in [1.29, 1.82) is 0 Å². The van der Waals surface area contributed by atoms with Crippen LogP contribution in [-0.2, 0) is 17.8 Å². The zero-order chi connectivity index (χ0) is 16.1. The number of fused-ring (bicyclic) bond motifs is 1. The fourth-order valence-corrected chi connectivity index (χ4v) is 2.74. The molecule has 0 aliphatic carbocycles. The minimum Gasteiger partial charge on any atom is -0.354 e. The van der Waals surface area contributed by atoms with E-state index in [-0.39, 0.29) is 23.8 Å². The van der Waals surface area contributed by atoms with Crippen LogP contribution in [0, 0.1) is 5.92 Å². The molecule has 122 valence electrons. The van der Waals surface area contributed by atoms with Gasteiger partial charge >= 0.3 is 0 Å². The molecule has 22 heavy (non-hydrogen) atoms. The lowest BCUT2D eigenvalue weighted by Crippen LogP contribution is -2.39. The summed E-state index contributed by atoms with van der Waals surface area (Å²) in [4.78, 5) is 28.5. The highest BCUT2D eigenvalue weighted by Crippen LogP contribution is 2.22. The monoisotopic (exact) mass is 306 g/mol. The number of hydrogen-bond donors (Lipinski definition) is 2. The minimum atomic E-state index is -0.104. The Hall–Kier alpha value is -1.85. The maximum absolute atomic E-state index is 12.1. The highest BCUT2D eigenvalue weighted by molar-refractivity contribution is 5.93. The number of unbranched alkanes of at least 4 members (excludes halogenated alkanes) is 1. The van der Waals surface area contributed by atoms with Crippen LogP contribution in [0.3, 0.4) is 0 Å². The van der Waals surface area contributed by atoms with Crippen molar-refractivity contribution < 1.29 is 9.59 Å². The van der Waals surface area contributed by atoms with E-state index >= 15 is 0 Å². The van der Waals surface area contributed by atoms with Crippen molar-refractivity contribution in [1.82, 2.24) is 20.2 Å². The molecule has 0 spiro atoms. The first-order chi connectivity index (χ1) is 10.5. The van der Waals surface area contributed by atoms with Gasteiger partial charge in [0, 0.05) is 19.1 Å². The molecule has 2 heterocycles. The maximum atomic E-state index is 12.1. The number of nitrogens with one attached hydrogen (secondary N) is 2. The highest BCUT2D eigenvalue weighted by atomic mass is 16.2. The number of carbonyl (C=O) groups excluding carboxylic acids is 2. The molecule has 6 heteroatoms. The average molecular weight is 306 g/mol. The van der Waals surface area contributed by atoms with Crippen LogP contribution in [0.15, 0.2) is 6.33 Å². The third-order valence-corrected chi connectivity index (χ3v) is 3.93. The summed E-state index contributed by atoms with van der Waals surface area (Å²) in [5.74, 6) is -0.0596. The van der Waals surface area contributed by atoms with Gasteiger partial charge in [-0.2, -0.15) is 0 Å². The first kappa shape index (κ1) is 16.5. The zero-order valence-corrected chi connectivity index (χ0v) is 13.7. The van der Waals surface area contributed by atoms with Crippen LogP contribution < -0.4 is 10.6 Å². The lowest BCUT2D eigenvalue weighted by atomic mass is 9.96. The Morgan fingerprint density at radius 1 is 1.45 bits per heavy atom. The first-order valence-corrected chi connectivity index (χ1v) is 8.15. The van der Waals surface area contributed by atoms with Crippen molar-refractivity contribution in [3.63, 3.8) is 0 Å². The van der Waals surface area contributed by atoms with Crippen molar-refractivity contribution >= 4 is 11.8 Å². The number of nitrogens with zero attached hydrogens (tertiary/aromatic N) is 2. The van der Waals surface area contributed by atoms with E-state index in [1.807, 2.05) is 18.4 Å². The molecule has 2 amide bonds. The van der Waals surface area contributed by atoms with Crippen LogP contribution in [0.4, 0.5) is 0 Å². The number of hydrogen-bond acceptors (Lipinski definition) is 3. The van der Waals surface area contributed by atoms with Gasteiger partial charge < -0.3 is 15.2 Å². The normalized spacial score (nSPS) is 17.2. The second-order valence-corrected chi connectivity index (χ2v) is 6.20. The van der Waals surface area contributed by atoms with Gasteiger partial charge in [-0.1, -0.05) is 13.3 Å². The molecule has 0 saturated carbocycles. The highest BCUT2D eigenvalue weighted by Gasteiger charge is 2.28. The summed E-state index contributed by atoms with van der Waals surface area (Å²) in [5, 5.41) is 5.86. The fraction of sp³-hybridized carbons (Fsp3) is 0.688. The molecule has 0 bridgehead atoms. The predicted octanol–water partition coefficient (Wildman–Crippen LogP) is 1.50. The van der Waals surface area contributed by atoms with Gasteiger partial charge in [0.1, 0.15) is 5.69 Å². The summed E-state index contributed by atoms with van der Waals surface area (Å²) in [7, 11) is 0. The van der Waals surface area contributed by atoms with E-state index in [4.69, 9.17) is 0 Å². The summed E-state index contributed by atoms with van der Waals surface area (Å²) in [6.07, 6.45) is 5.18. The summed E-state index contributed by atoms with van der Waals surface area (Å²) in [5.41, 5.74) is 1.46. The lowest BCUT2D eigenvalue weighted by Gasteiger charge is -2.24. The maximum Gasteiger partial charge on any atom is 0.271 e. The SMILES string of the molecule is CCCCNC(=O)c1ncn2c1CCC(C(=O)NC(C)C)C2. The van der Waals surface area contributed by atoms with Gasteiger partial charge in [-0.15, -0.1) is 0 Å². The van der Waals surface area contributed by atoms with Crippen molar-refractivity contribution in [3.05, 3.63) is 17.7 Å². The summed E-state index contributed by atoms with van der Waals surface area (Å²) in [6.45, 7) is 7.29. The third kappa shape index (κ3) is 3.87. The van der Waals surface area contributed by atoms with Gasteiger partial charge in [-0.05, 0) is 33.1 Å². The Bertz CT molecular complexity index is 536. The predicted molar refractivity (Wildman–Crippen MR) is 84.6 cm³/mol. The number of rotatable bonds is 6. The van der Waals surface area contributed by atoms with Crippen molar-refractivity contribution in [3.8, 4) is 0 Å². The zero-order valence-electron chi connectivity index (χ0n) is 13.7. The number of amides is 2. The van der Waals surface area contributed by atoms with Gasteiger partial charge in [-0.25, -0.2) is 4.98 Å². The summed E-state index contributed by atoms with van der Waals surface area (Å²) in [6, 6.07) is 0.150. The smallest absolute Gasteiger partial charge is 0.271 e. The molecular formula is C16H26N4O2. The van der Waals surface area contributed by atoms with Gasteiger partial charge in [0.2, 0.25) is 5.91 Å². The van der Waals surface area contributed by atoms with Gasteiger partial charge in [0.05, 0.1) is 17.9 Å². The first-order valence-electron chi connectivity index (χ1n) is 8.15. The molecular weight excluding hydrogens is 280 g/mol. The molecule has 0 radical (unpaired) electrons. The molecule has 6 nitrogen and oxygen atoms in total. The van der Waals surface area contributed by atoms with Crippen molar-refractivity contribution in [2.45, 2.75) is 59.0 Å². The van der Waals surface area contributed by atoms with E-state index in [0.717, 1.165) is 25.0 Å². The van der Waals surface area contributed by atoms with Crippen LogP contribution in [0.1, 0.15) is 56.2 Å². The Morgan fingerprint density at radius 2 is 2.23 bits per heavy atom. The van der Waals surface area contributed by atoms with E-state index in [9.17, 15) is 9.59 Å². The molecule has 1 aromatic heterocycles. The second-order valence-electron chi connectivity index (χ2n) is 6.20. The molecule has 1 aliphatic rings. The summed E-state index contributed by atoms with van der Waals surface area (Å²) < 4.78 is 1.95. The van der Waals surface area contributed by atoms with Crippen LogP contribution in [-0.4, -0.2) is 34.0 Å². The quantitative estimate of drug-likeness (QED) is 0.782. The Kier molecular flexibility index (Phi) is 5.57. The standard InChI is InChI=1S/C16H26N4O2/c1-4-5-8-17-16(22)14-13-7-6-12(9-20(13)10-18-14)15(21)19-11(2)3/h10-12H,4-9H2,1-3H3,(H,17,22)(H,19,21). The molecule has 1 atom stereocenters. The van der Waals surface area contributed by atoms with Crippen molar-refractivity contribution in [2.75, 3.05) is 6.54 Å². The van der Waals surface area contributed by atoms with E-state index in [0.29, 0.717) is 25.2 Å². The van der Waals surface area contributed by atoms with Crippen LogP contribution >= 0.6 is 0 Å². The largest absolute Gasteiger partial charge is 0.354 e. The number of carbonyl (C=O) groups is 2. The molecule has 0 saturated heterocycles. The second kappa shape index (κ2) is 7.42. The molecule has 1 aliphatic heterocycles. The van der Waals surface area contributed by atoms with E-state index in [2.05, 4.69) is 22.5 Å². The van der Waals surface area contributed by atoms with Crippen LogP contribution in [0.25, 0.3) is 0 Å². The molecule has 1 unspecified atom stereocenters. The van der Waals surface area contributed by atoms with Crippen molar-refractivity contribution in [2.24, 2.45) is 5.92 Å². The van der Waals surface area contributed by atoms with Crippen LogP contribution in [0.2, 0.25) is 0 Å². The topological polar surface area (TPSA) is 76.0 Å². The Balaban J connectivity index is 2.00. The van der Waals surface area contributed by atoms with E-state index in [1.165, 1.54) is 0 Å². The summed E-state index contributed by atoms with van der Waals surface area (Å²) >= 11 is 0. The number of aromatic nitrogens is 2. The van der Waals surface area contributed by atoms with E-state index in [1.54, 1.807) is 6.33 Å². The molecule has 1 aromatic rings. The van der Waals surface area contributed by atoms with E-state index < -0.39 is 0 Å². The molecule has 0 aromatic carbocycles. The average Bonchev–Trinajstić information content (AvgIpc) is 2.89. The van der Waals surface area contributed by atoms with Gasteiger partial charge in [-0.3, -0.25) is 9.59 Å². The Labute approximate surface area is 131 Å². The molecule has 2 N–H and O–H groups in total. The van der Waals surface area contributed by atoms with Gasteiger partial charge in [0.25, 0.3) is 5.91 Å². The van der Waals surface area contributed by atoms with Gasteiger partial charge in [0.15, 0.2) is 0 Å². The Morgan fingerprint density at radius 3 is 2.91 bits per heavy atom. The molecule has 0 fully saturated rings. The third-order valence-electron chi connectivity index (χ3n) is 3.93. The minimum absolute atomic E-state index is 0.0416. The lowest BCUT2D eigenvalue weighted by molar-refractivity contribution is -0.126. The fourth-order valence-electron chi connectivity index (χ4n) is 2.74.